The summed E-state index contributed by atoms with van der Waals surface area (Å²) >= 11 is 0. The normalized spacial score (nSPS) is 14.4. The number of aryl methyl sites for hydroxylation is 1. The molecule has 0 amide bonds. The van der Waals surface area contributed by atoms with Gasteiger partial charge in [-0.1, -0.05) is 78.9 Å². The molecule has 1 unspecified atom stereocenters. The van der Waals surface area contributed by atoms with E-state index in [2.05, 4.69) is 46.7 Å². The smallest absolute Gasteiger partial charge is 0.243 e. The standard InChI is InChI=1S/C33H28N4O.H2O4S/c1-21-27(36(2)3)19-25(22-13-7-4-8-14-22)30-32(21)37(24-17-11-6-12-18-24)28-20-26(34)29(33(38)31(28)35-30)23-15-9-5-10-16-23;1-5(2,3)4/h4-20,29,34H,1-3H3;(H2,1,2,3,4). The van der Waals surface area contributed by atoms with Crippen molar-refractivity contribution in [3.8, 4) is 16.8 Å². The summed E-state index contributed by atoms with van der Waals surface area (Å²) in [6.07, 6.45) is 1.93. The maximum absolute atomic E-state index is 14.2. The van der Waals surface area contributed by atoms with E-state index in [1.807, 2.05) is 86.9 Å². The van der Waals surface area contributed by atoms with Crippen LogP contribution in [0.25, 0.3) is 33.9 Å². The van der Waals surface area contributed by atoms with Crippen LogP contribution in [0.5, 0.6) is 0 Å². The third-order valence-electron chi connectivity index (χ3n) is 7.28. The van der Waals surface area contributed by atoms with E-state index in [4.69, 9.17) is 28.2 Å². The van der Waals surface area contributed by atoms with E-state index < -0.39 is 16.3 Å². The van der Waals surface area contributed by atoms with Crippen LogP contribution >= 0.6 is 0 Å². The third-order valence-corrected chi connectivity index (χ3v) is 7.28. The van der Waals surface area contributed by atoms with E-state index in [9.17, 15) is 4.79 Å². The van der Waals surface area contributed by atoms with E-state index in [1.165, 1.54) is 0 Å². The van der Waals surface area contributed by atoms with E-state index in [1.54, 1.807) is 0 Å². The molecule has 0 saturated carbocycles. The molecule has 0 bridgehead atoms. The van der Waals surface area contributed by atoms with Gasteiger partial charge in [-0.3, -0.25) is 9.35 Å². The Hall–Kier alpha value is -4.90. The lowest BCUT2D eigenvalue weighted by atomic mass is 9.85. The monoisotopic (exact) mass is 594 g/mol. The number of hydrogen-bond donors (Lipinski definition) is 2. The van der Waals surface area contributed by atoms with Gasteiger partial charge in [-0.25, -0.2) is 13.4 Å². The van der Waals surface area contributed by atoms with E-state index in [0.29, 0.717) is 17.1 Å². The van der Waals surface area contributed by atoms with Gasteiger partial charge in [0.05, 0.1) is 5.92 Å². The summed E-state index contributed by atoms with van der Waals surface area (Å²) < 4.78 is 35.0. The molecule has 0 saturated heterocycles. The number of rotatable bonds is 4. The number of carbonyl (C=O) groups excluding carboxylic acids is 1. The number of carbonyl (C=O) groups is 1. The highest BCUT2D eigenvalue weighted by molar-refractivity contribution is 7.79. The Morgan fingerprint density at radius 1 is 0.930 bits per heavy atom. The molecule has 3 N–H and O–H groups in total. The highest BCUT2D eigenvalue weighted by atomic mass is 32.3. The van der Waals surface area contributed by atoms with Crippen LogP contribution in [0.2, 0.25) is 0 Å². The lowest BCUT2D eigenvalue weighted by Crippen LogP contribution is -2.41. The molecule has 10 heteroatoms. The molecular formula is C33H30N4O5S. The Balaban J connectivity index is 0.000000682. The molecule has 1 aromatic heterocycles. The van der Waals surface area contributed by atoms with Crippen LogP contribution in [-0.4, -0.2) is 42.4 Å². The van der Waals surface area contributed by atoms with E-state index in [-0.39, 0.29) is 5.78 Å². The minimum atomic E-state index is -4.92. The van der Waals surface area contributed by atoms with Crippen molar-refractivity contribution in [1.82, 2.24) is 4.98 Å². The first-order chi connectivity index (χ1) is 20.5. The summed E-state index contributed by atoms with van der Waals surface area (Å²) in [5.41, 5.74) is 16.0. The Morgan fingerprint density at radius 2 is 1.47 bits per heavy atom. The molecule has 43 heavy (non-hydrogen) atoms. The Kier molecular flexibility index (Phi) is 8.10. The minimum Gasteiger partial charge on any atom is -0.726 e. The fourth-order valence-corrected chi connectivity index (χ4v) is 5.50. The van der Waals surface area contributed by atoms with Gasteiger partial charge in [0.2, 0.25) is 33.1 Å². The first-order valence-electron chi connectivity index (χ1n) is 13.4. The molecule has 0 radical (unpaired) electrons. The SMILES string of the molecule is Cc1c(N(C)C)cc(-c2ccccc2)c2nc3c([n+](-c4ccccc4)c12)C=C(N)C(c1ccccc1)C3=O.O=S(=O)([O-])O. The number of nitrogens with zero attached hydrogens (tertiary/aromatic N) is 3. The lowest BCUT2D eigenvalue weighted by Gasteiger charge is -2.23. The average Bonchev–Trinajstić information content (AvgIpc) is 2.97. The zero-order valence-corrected chi connectivity index (χ0v) is 24.6. The number of aromatic nitrogens is 2. The molecule has 5 aromatic rings. The van der Waals surface area contributed by atoms with Gasteiger partial charge in [0.25, 0.3) is 0 Å². The second kappa shape index (κ2) is 11.8. The summed E-state index contributed by atoms with van der Waals surface area (Å²) in [6.45, 7) is 2.12. The van der Waals surface area contributed by atoms with Crippen molar-refractivity contribution < 1.29 is 26.9 Å². The molecule has 0 fully saturated rings. The van der Waals surface area contributed by atoms with Crippen LogP contribution in [0.4, 0.5) is 5.69 Å². The molecule has 1 aliphatic carbocycles. The predicted octanol–water partition coefficient (Wildman–Crippen LogP) is 4.84. The van der Waals surface area contributed by atoms with Crippen LogP contribution < -0.4 is 15.2 Å². The summed E-state index contributed by atoms with van der Waals surface area (Å²) in [6, 6.07) is 32.2. The maximum atomic E-state index is 14.2. The van der Waals surface area contributed by atoms with Crippen LogP contribution in [0.1, 0.15) is 33.2 Å². The topological polar surface area (TPSA) is 141 Å². The van der Waals surface area contributed by atoms with Crippen LogP contribution in [0, 0.1) is 6.92 Å². The number of allylic oxidation sites excluding steroid dienone is 1. The minimum absolute atomic E-state index is 0.0915. The van der Waals surface area contributed by atoms with Gasteiger partial charge in [0.1, 0.15) is 5.52 Å². The number of para-hydroxylation sites is 1. The van der Waals surface area contributed by atoms with Gasteiger partial charge in [-0.2, -0.15) is 0 Å². The molecular weight excluding hydrogens is 564 g/mol. The molecule has 4 aromatic carbocycles. The van der Waals surface area contributed by atoms with Crippen molar-refractivity contribution in [2.45, 2.75) is 12.8 Å². The zero-order chi connectivity index (χ0) is 30.9. The summed E-state index contributed by atoms with van der Waals surface area (Å²) in [5, 5.41) is 0. The zero-order valence-electron chi connectivity index (χ0n) is 23.8. The number of anilines is 1. The lowest BCUT2D eigenvalue weighted by molar-refractivity contribution is -0.570. The maximum Gasteiger partial charge on any atom is 0.243 e. The number of Topliss-reactive ketones (excluding diaryl/α,β-unsaturated/α-hetero) is 1. The second-order valence-corrected chi connectivity index (χ2v) is 11.2. The second-order valence-electron chi connectivity index (χ2n) is 10.3. The first kappa shape index (κ1) is 29.6. The predicted molar refractivity (Wildman–Crippen MR) is 166 cm³/mol. The molecule has 0 aliphatic heterocycles. The first-order valence-corrected chi connectivity index (χ1v) is 14.8. The van der Waals surface area contributed by atoms with Gasteiger partial charge in [0, 0.05) is 54.8 Å². The van der Waals surface area contributed by atoms with Crippen molar-refractivity contribution in [2.24, 2.45) is 5.73 Å². The highest BCUT2D eigenvalue weighted by Gasteiger charge is 2.39. The van der Waals surface area contributed by atoms with Gasteiger partial charge in [-0.05, 0) is 24.1 Å². The summed E-state index contributed by atoms with van der Waals surface area (Å²) in [4.78, 5) is 21.4. The van der Waals surface area contributed by atoms with Crippen LogP contribution in [0.3, 0.4) is 0 Å². The molecule has 218 valence electrons. The number of benzene rings is 4. The fourth-order valence-electron chi connectivity index (χ4n) is 5.50. The van der Waals surface area contributed by atoms with Crippen LogP contribution in [0.15, 0.2) is 103 Å². The molecule has 6 rings (SSSR count). The molecule has 1 heterocycles. The largest absolute Gasteiger partial charge is 0.726 e. The quantitative estimate of drug-likeness (QED) is 0.171. The Bertz CT molecular complexity index is 1950. The fraction of sp³-hybridized carbons (Fsp3) is 0.121. The van der Waals surface area contributed by atoms with Gasteiger partial charge < -0.3 is 15.2 Å². The molecule has 1 atom stereocenters. The Morgan fingerprint density at radius 3 is 2.02 bits per heavy atom. The van der Waals surface area contributed by atoms with E-state index >= 15 is 0 Å². The van der Waals surface area contributed by atoms with Crippen molar-refractivity contribution >= 4 is 39.0 Å². The summed E-state index contributed by atoms with van der Waals surface area (Å²) in [5.74, 6) is -0.661. The number of fused-ring (bicyclic) bond motifs is 2. The van der Waals surface area contributed by atoms with E-state index in [0.717, 1.165) is 44.7 Å². The average molecular weight is 595 g/mol. The highest BCUT2D eigenvalue weighted by Crippen LogP contribution is 2.38. The van der Waals surface area contributed by atoms with Crippen molar-refractivity contribution in [1.29, 1.82) is 0 Å². The third kappa shape index (κ3) is 6.02. The van der Waals surface area contributed by atoms with Gasteiger partial charge >= 0.3 is 0 Å². The van der Waals surface area contributed by atoms with Crippen molar-refractivity contribution in [3.05, 3.63) is 125 Å². The van der Waals surface area contributed by atoms with Crippen LogP contribution in [-0.2, 0) is 10.4 Å². The molecule has 0 spiro atoms. The summed E-state index contributed by atoms with van der Waals surface area (Å²) in [7, 11) is -0.818. The number of nitrogens with two attached hydrogens (primary N) is 1. The van der Waals surface area contributed by atoms with Gasteiger partial charge in [0.15, 0.2) is 5.69 Å². The molecule has 9 nitrogen and oxygen atoms in total. The Labute approximate surface area is 250 Å². The molecule has 1 aliphatic rings. The van der Waals surface area contributed by atoms with Gasteiger partial charge in [-0.15, -0.1) is 4.57 Å². The van der Waals surface area contributed by atoms with Crippen molar-refractivity contribution in [3.63, 3.8) is 0 Å². The number of hydrogen-bond acceptors (Lipinski definition) is 7. The number of ketones is 1. The van der Waals surface area contributed by atoms with Crippen molar-refractivity contribution in [2.75, 3.05) is 19.0 Å².